The van der Waals surface area contributed by atoms with Gasteiger partial charge in [0.2, 0.25) is 0 Å². The van der Waals surface area contributed by atoms with Gasteiger partial charge < -0.3 is 10.5 Å². The number of nitrogens with zero attached hydrogens (tertiary/aromatic N) is 1. The molecule has 0 aromatic carbocycles. The van der Waals surface area contributed by atoms with Crippen molar-refractivity contribution in [3.63, 3.8) is 0 Å². The van der Waals surface area contributed by atoms with Crippen molar-refractivity contribution in [2.24, 2.45) is 17.1 Å². The second-order valence-electron chi connectivity index (χ2n) is 10.9. The fourth-order valence-electron chi connectivity index (χ4n) is 6.65. The van der Waals surface area contributed by atoms with Crippen LogP contribution in [0.3, 0.4) is 0 Å². The van der Waals surface area contributed by atoms with Crippen LogP contribution in [-0.2, 0) is 4.74 Å². The van der Waals surface area contributed by atoms with Gasteiger partial charge >= 0.3 is 0 Å². The van der Waals surface area contributed by atoms with Gasteiger partial charge in [-0.2, -0.15) is 0 Å². The fraction of sp³-hybridized carbons (Fsp3) is 1.00. The first kappa shape index (κ1) is 20.6. The van der Waals surface area contributed by atoms with E-state index < -0.39 is 0 Å². The zero-order valence-electron chi connectivity index (χ0n) is 18.2. The van der Waals surface area contributed by atoms with Gasteiger partial charge in [0, 0.05) is 17.6 Å². The maximum absolute atomic E-state index is 6.97. The van der Waals surface area contributed by atoms with Crippen molar-refractivity contribution in [3.8, 4) is 0 Å². The number of fused-ring (bicyclic) bond motifs is 1. The van der Waals surface area contributed by atoms with E-state index >= 15 is 0 Å². The minimum Gasteiger partial charge on any atom is -0.377 e. The summed E-state index contributed by atoms with van der Waals surface area (Å²) in [7, 11) is 0. The molecule has 0 bridgehead atoms. The zero-order chi connectivity index (χ0) is 19.0. The molecule has 3 rings (SSSR count). The first-order valence-electron chi connectivity index (χ1n) is 11.4. The van der Waals surface area contributed by atoms with Crippen molar-refractivity contribution in [1.82, 2.24) is 4.90 Å². The molecule has 4 unspecified atom stereocenters. The molecule has 3 fully saturated rings. The number of hydrogen-bond acceptors (Lipinski definition) is 3. The van der Waals surface area contributed by atoms with E-state index in [4.69, 9.17) is 10.5 Å². The van der Waals surface area contributed by atoms with E-state index in [1.165, 1.54) is 64.2 Å². The summed E-state index contributed by atoms with van der Waals surface area (Å²) in [5.41, 5.74) is 7.68. The maximum atomic E-state index is 6.97. The zero-order valence-corrected chi connectivity index (χ0v) is 18.2. The minimum atomic E-state index is -0.0404. The van der Waals surface area contributed by atoms with Crippen LogP contribution in [0.25, 0.3) is 0 Å². The molecule has 0 aromatic heterocycles. The van der Waals surface area contributed by atoms with Crippen molar-refractivity contribution in [2.45, 2.75) is 122 Å². The van der Waals surface area contributed by atoms with Crippen LogP contribution >= 0.6 is 0 Å². The summed E-state index contributed by atoms with van der Waals surface area (Å²) in [6.45, 7) is 13.9. The van der Waals surface area contributed by atoms with E-state index in [2.05, 4.69) is 39.5 Å². The third-order valence-corrected chi connectivity index (χ3v) is 7.92. The quantitative estimate of drug-likeness (QED) is 0.739. The summed E-state index contributed by atoms with van der Waals surface area (Å²) in [5.74, 6) is 0.748. The van der Waals surface area contributed by atoms with E-state index in [9.17, 15) is 0 Å². The van der Waals surface area contributed by atoms with E-state index in [0.29, 0.717) is 23.0 Å². The van der Waals surface area contributed by atoms with Crippen LogP contribution in [0.4, 0.5) is 0 Å². The fourth-order valence-corrected chi connectivity index (χ4v) is 6.65. The summed E-state index contributed by atoms with van der Waals surface area (Å²) < 4.78 is 5.71. The molecule has 2 N–H and O–H groups in total. The van der Waals surface area contributed by atoms with Gasteiger partial charge in [0.1, 0.15) is 0 Å². The molecule has 26 heavy (non-hydrogen) atoms. The largest absolute Gasteiger partial charge is 0.377 e. The van der Waals surface area contributed by atoms with Crippen LogP contribution in [0, 0.1) is 11.3 Å². The molecular weight excluding hydrogens is 320 g/mol. The molecule has 3 heteroatoms. The lowest BCUT2D eigenvalue weighted by molar-refractivity contribution is -0.196. The Bertz CT molecular complexity index is 471. The Morgan fingerprint density at radius 1 is 1.08 bits per heavy atom. The smallest absolute Gasteiger partial charge is 0.0683 e. The second kappa shape index (κ2) is 7.72. The Morgan fingerprint density at radius 3 is 2.38 bits per heavy atom. The Balaban J connectivity index is 1.84. The third kappa shape index (κ3) is 4.15. The average Bonchev–Trinajstić information content (AvgIpc) is 2.54. The topological polar surface area (TPSA) is 38.5 Å². The monoisotopic (exact) mass is 364 g/mol. The lowest BCUT2D eigenvalue weighted by atomic mass is 9.67. The van der Waals surface area contributed by atoms with Crippen molar-refractivity contribution in [1.29, 1.82) is 0 Å². The van der Waals surface area contributed by atoms with Crippen LogP contribution < -0.4 is 5.73 Å². The van der Waals surface area contributed by atoms with Gasteiger partial charge in [0.15, 0.2) is 0 Å². The standard InChI is InChI=1S/C23H44N2O/c1-6-21(4)12-9-7-8-10-20-19(14-22(5,24)15-21)11-13-23(16-26-17-23)25(20)18(2)3/h18-20H,6-17,24H2,1-5H3. The molecular formula is C23H44N2O. The van der Waals surface area contributed by atoms with Crippen molar-refractivity contribution in [2.75, 3.05) is 13.2 Å². The van der Waals surface area contributed by atoms with Crippen molar-refractivity contribution in [3.05, 3.63) is 0 Å². The number of piperidine rings is 1. The number of nitrogens with two attached hydrogens (primary N) is 1. The van der Waals surface area contributed by atoms with Crippen LogP contribution in [0.15, 0.2) is 0 Å². The second-order valence-corrected chi connectivity index (χ2v) is 10.9. The normalized spacial score (nSPS) is 42.1. The first-order chi connectivity index (χ1) is 12.2. The summed E-state index contributed by atoms with van der Waals surface area (Å²) in [6, 6.07) is 1.29. The van der Waals surface area contributed by atoms with Gasteiger partial charge in [-0.05, 0) is 70.6 Å². The van der Waals surface area contributed by atoms with Gasteiger partial charge in [-0.1, -0.05) is 39.5 Å². The van der Waals surface area contributed by atoms with Gasteiger partial charge in [-0.25, -0.2) is 0 Å². The highest BCUT2D eigenvalue weighted by Gasteiger charge is 2.53. The van der Waals surface area contributed by atoms with E-state index in [-0.39, 0.29) is 5.54 Å². The summed E-state index contributed by atoms with van der Waals surface area (Å²) in [5, 5.41) is 0. The molecule has 152 valence electrons. The Hall–Kier alpha value is -0.120. The molecule has 0 amide bonds. The van der Waals surface area contributed by atoms with Gasteiger partial charge in [-0.15, -0.1) is 0 Å². The summed E-state index contributed by atoms with van der Waals surface area (Å²) in [4.78, 5) is 2.87. The van der Waals surface area contributed by atoms with Gasteiger partial charge in [0.25, 0.3) is 0 Å². The third-order valence-electron chi connectivity index (χ3n) is 7.92. The van der Waals surface area contributed by atoms with Gasteiger partial charge in [-0.3, -0.25) is 4.90 Å². The average molecular weight is 365 g/mol. The van der Waals surface area contributed by atoms with E-state index in [1.807, 2.05) is 0 Å². The maximum Gasteiger partial charge on any atom is 0.0683 e. The van der Waals surface area contributed by atoms with Crippen molar-refractivity contribution >= 4 is 0 Å². The van der Waals surface area contributed by atoms with Crippen LogP contribution in [0.2, 0.25) is 0 Å². The van der Waals surface area contributed by atoms with Crippen LogP contribution in [-0.4, -0.2) is 41.3 Å². The molecule has 4 atom stereocenters. The lowest BCUT2D eigenvalue weighted by Gasteiger charge is -2.60. The highest BCUT2D eigenvalue weighted by atomic mass is 16.5. The molecule has 2 heterocycles. The number of ether oxygens (including phenoxy) is 1. The molecule has 0 radical (unpaired) electrons. The number of hydrogen-bond donors (Lipinski definition) is 1. The van der Waals surface area contributed by atoms with Crippen molar-refractivity contribution < 1.29 is 4.74 Å². The Morgan fingerprint density at radius 2 is 1.81 bits per heavy atom. The molecule has 2 saturated heterocycles. The SMILES string of the molecule is CCC1(C)CCCCCC2C(CCC3(COC3)N2C(C)C)CC(C)(N)C1. The highest BCUT2D eigenvalue weighted by Crippen LogP contribution is 2.47. The summed E-state index contributed by atoms with van der Waals surface area (Å²) in [6.07, 6.45) is 13.1. The molecule has 2 aliphatic heterocycles. The Labute approximate surface area is 162 Å². The van der Waals surface area contributed by atoms with Crippen LogP contribution in [0.1, 0.15) is 98.8 Å². The molecule has 1 spiro atoms. The molecule has 1 aliphatic carbocycles. The number of likely N-dealkylation sites (tertiary alicyclic amines) is 1. The Kier molecular flexibility index (Phi) is 6.12. The van der Waals surface area contributed by atoms with Crippen LogP contribution in [0.5, 0.6) is 0 Å². The molecule has 0 aromatic rings. The molecule has 3 nitrogen and oxygen atoms in total. The predicted octanol–water partition coefficient (Wildman–Crippen LogP) is 5.12. The first-order valence-corrected chi connectivity index (χ1v) is 11.4. The summed E-state index contributed by atoms with van der Waals surface area (Å²) >= 11 is 0. The minimum absolute atomic E-state index is 0.0404. The highest BCUT2D eigenvalue weighted by molar-refractivity contribution is 5.07. The van der Waals surface area contributed by atoms with E-state index in [1.54, 1.807) is 0 Å². The van der Waals surface area contributed by atoms with Gasteiger partial charge in [0.05, 0.1) is 18.8 Å². The molecule has 3 aliphatic rings. The molecule has 1 saturated carbocycles. The van der Waals surface area contributed by atoms with E-state index in [0.717, 1.165) is 19.1 Å². The predicted molar refractivity (Wildman–Crippen MR) is 110 cm³/mol. The number of rotatable bonds is 2. The lowest BCUT2D eigenvalue weighted by Crippen LogP contribution is -2.70.